The predicted octanol–water partition coefficient (Wildman–Crippen LogP) is 0.350. The van der Waals surface area contributed by atoms with Gasteiger partial charge in [0, 0.05) is 26.1 Å². The highest BCUT2D eigenvalue weighted by molar-refractivity contribution is 7.91. The second-order valence-corrected chi connectivity index (χ2v) is 7.68. The van der Waals surface area contributed by atoms with Crippen LogP contribution < -0.4 is 4.72 Å². The molecule has 1 saturated heterocycles. The summed E-state index contributed by atoms with van der Waals surface area (Å²) in [6, 6.07) is 3.13. The van der Waals surface area contributed by atoms with Crippen LogP contribution >= 0.6 is 11.3 Å². The summed E-state index contributed by atoms with van der Waals surface area (Å²) in [7, 11) is -3.56. The minimum absolute atomic E-state index is 0.00725. The fourth-order valence-corrected chi connectivity index (χ4v) is 4.20. The molecule has 1 aromatic heterocycles. The molecule has 1 unspecified atom stereocenters. The summed E-state index contributed by atoms with van der Waals surface area (Å²) >= 11 is 1.11. The molecule has 9 heteroatoms. The van der Waals surface area contributed by atoms with Crippen molar-refractivity contribution in [3.63, 3.8) is 0 Å². The molecule has 1 aromatic rings. The van der Waals surface area contributed by atoms with Crippen LogP contribution in [0.15, 0.2) is 21.7 Å². The van der Waals surface area contributed by atoms with E-state index in [2.05, 4.69) is 4.72 Å². The summed E-state index contributed by atoms with van der Waals surface area (Å²) in [6.07, 6.45) is 0.471. The third kappa shape index (κ3) is 4.02. The summed E-state index contributed by atoms with van der Waals surface area (Å²) in [6.45, 7) is 0.618. The van der Waals surface area contributed by atoms with Crippen molar-refractivity contribution in [2.24, 2.45) is 5.92 Å². The van der Waals surface area contributed by atoms with Gasteiger partial charge >= 0.3 is 5.97 Å². The van der Waals surface area contributed by atoms with Gasteiger partial charge in [0.1, 0.15) is 4.21 Å². The van der Waals surface area contributed by atoms with Gasteiger partial charge in [0.15, 0.2) is 0 Å². The summed E-state index contributed by atoms with van der Waals surface area (Å²) in [4.78, 5) is 24.2. The molecule has 0 aromatic carbocycles. The maximum absolute atomic E-state index is 11.9. The topological polar surface area (TPSA) is 104 Å². The maximum atomic E-state index is 11.9. The molecule has 116 valence electrons. The van der Waals surface area contributed by atoms with E-state index < -0.39 is 21.9 Å². The molecule has 0 spiro atoms. The molecule has 1 atom stereocenters. The van der Waals surface area contributed by atoms with Gasteiger partial charge in [-0.15, -0.1) is 11.3 Å². The first kappa shape index (κ1) is 15.9. The lowest BCUT2D eigenvalue weighted by molar-refractivity contribution is -0.141. The Bertz CT molecular complexity index is 612. The monoisotopic (exact) mass is 332 g/mol. The molecule has 0 aliphatic carbocycles. The van der Waals surface area contributed by atoms with Gasteiger partial charge in [-0.05, 0) is 17.9 Å². The highest BCUT2D eigenvalue weighted by Gasteiger charge is 2.30. The van der Waals surface area contributed by atoms with Crippen LogP contribution in [0.5, 0.6) is 0 Å². The van der Waals surface area contributed by atoms with Crippen molar-refractivity contribution < 1.29 is 23.1 Å². The van der Waals surface area contributed by atoms with Crippen LogP contribution in [0.4, 0.5) is 0 Å². The van der Waals surface area contributed by atoms with Gasteiger partial charge < -0.3 is 10.0 Å². The van der Waals surface area contributed by atoms with E-state index in [1.165, 1.54) is 11.0 Å². The highest BCUT2D eigenvalue weighted by Crippen LogP contribution is 2.17. The molecular weight excluding hydrogens is 316 g/mol. The number of amides is 1. The molecule has 0 bridgehead atoms. The maximum Gasteiger partial charge on any atom is 0.308 e. The Morgan fingerprint density at radius 3 is 2.81 bits per heavy atom. The average Bonchev–Trinajstić information content (AvgIpc) is 3.10. The summed E-state index contributed by atoms with van der Waals surface area (Å²) < 4.78 is 26.2. The van der Waals surface area contributed by atoms with Gasteiger partial charge in [-0.1, -0.05) is 6.07 Å². The first-order valence-corrected chi connectivity index (χ1v) is 8.80. The Kier molecular flexibility index (Phi) is 4.96. The van der Waals surface area contributed by atoms with Crippen LogP contribution in [0, 0.1) is 5.92 Å². The van der Waals surface area contributed by atoms with E-state index in [1.807, 2.05) is 0 Å². The molecule has 1 fully saturated rings. The van der Waals surface area contributed by atoms with Gasteiger partial charge in [0.2, 0.25) is 15.9 Å². The van der Waals surface area contributed by atoms with Crippen molar-refractivity contribution in [1.82, 2.24) is 9.62 Å². The van der Waals surface area contributed by atoms with Crippen LogP contribution in [0.3, 0.4) is 0 Å². The zero-order chi connectivity index (χ0) is 15.5. The Balaban J connectivity index is 1.79. The lowest BCUT2D eigenvalue weighted by Crippen LogP contribution is -2.33. The van der Waals surface area contributed by atoms with Crippen LogP contribution in [-0.4, -0.2) is 49.9 Å². The van der Waals surface area contributed by atoms with E-state index in [0.29, 0.717) is 13.0 Å². The van der Waals surface area contributed by atoms with Crippen LogP contribution in [0.1, 0.15) is 12.8 Å². The molecule has 2 N–H and O–H groups in total. The number of thiophene rings is 1. The number of hydrogen-bond donors (Lipinski definition) is 2. The lowest BCUT2D eigenvalue weighted by atomic mass is 10.1. The SMILES string of the molecule is O=C(O)C1CCN(C(=O)CCNS(=O)(=O)c2cccs2)C1. The Morgan fingerprint density at radius 2 is 2.24 bits per heavy atom. The Hall–Kier alpha value is -1.45. The number of nitrogens with zero attached hydrogens (tertiary/aromatic N) is 1. The van der Waals surface area contributed by atoms with E-state index >= 15 is 0 Å². The van der Waals surface area contributed by atoms with Crippen molar-refractivity contribution >= 4 is 33.2 Å². The minimum Gasteiger partial charge on any atom is -0.481 e. The lowest BCUT2D eigenvalue weighted by Gasteiger charge is -2.15. The summed E-state index contributed by atoms with van der Waals surface area (Å²) in [5.41, 5.74) is 0. The van der Waals surface area contributed by atoms with Gasteiger partial charge in [-0.25, -0.2) is 13.1 Å². The van der Waals surface area contributed by atoms with Crippen molar-refractivity contribution in [2.45, 2.75) is 17.1 Å². The fraction of sp³-hybridized carbons (Fsp3) is 0.500. The summed E-state index contributed by atoms with van der Waals surface area (Å²) in [5.74, 6) is -1.65. The van der Waals surface area contributed by atoms with Gasteiger partial charge in [-0.3, -0.25) is 9.59 Å². The molecule has 0 saturated carbocycles. The van der Waals surface area contributed by atoms with Crippen LogP contribution in [0.25, 0.3) is 0 Å². The molecule has 1 aliphatic rings. The number of carboxylic acids is 1. The largest absolute Gasteiger partial charge is 0.481 e. The van der Waals surface area contributed by atoms with E-state index in [4.69, 9.17) is 5.11 Å². The Morgan fingerprint density at radius 1 is 1.48 bits per heavy atom. The van der Waals surface area contributed by atoms with Gasteiger partial charge in [0.05, 0.1) is 5.92 Å². The first-order valence-electron chi connectivity index (χ1n) is 6.44. The van der Waals surface area contributed by atoms with Crippen LogP contribution in [-0.2, 0) is 19.6 Å². The van der Waals surface area contributed by atoms with Crippen molar-refractivity contribution in [3.05, 3.63) is 17.5 Å². The normalized spacial score (nSPS) is 18.9. The average molecular weight is 332 g/mol. The molecule has 7 nitrogen and oxygen atoms in total. The first-order chi connectivity index (χ1) is 9.90. The molecule has 2 heterocycles. The van der Waals surface area contributed by atoms with Crippen molar-refractivity contribution in [3.8, 4) is 0 Å². The van der Waals surface area contributed by atoms with Crippen LogP contribution in [0.2, 0.25) is 0 Å². The van der Waals surface area contributed by atoms with Gasteiger partial charge in [0.25, 0.3) is 0 Å². The number of carbonyl (C=O) groups excluding carboxylic acids is 1. The minimum atomic E-state index is -3.56. The zero-order valence-corrected chi connectivity index (χ0v) is 12.8. The highest BCUT2D eigenvalue weighted by atomic mass is 32.2. The molecule has 21 heavy (non-hydrogen) atoms. The zero-order valence-electron chi connectivity index (χ0n) is 11.2. The van der Waals surface area contributed by atoms with E-state index in [1.54, 1.807) is 11.4 Å². The molecule has 1 aliphatic heterocycles. The van der Waals surface area contributed by atoms with Crippen molar-refractivity contribution in [2.75, 3.05) is 19.6 Å². The quantitative estimate of drug-likeness (QED) is 0.782. The molecule has 0 radical (unpaired) electrons. The molecule has 2 rings (SSSR count). The third-order valence-corrected chi connectivity index (χ3v) is 6.14. The summed E-state index contributed by atoms with van der Waals surface area (Å²) in [5, 5.41) is 10.5. The number of aliphatic carboxylic acids is 1. The van der Waals surface area contributed by atoms with Gasteiger partial charge in [-0.2, -0.15) is 0 Å². The third-order valence-electron chi connectivity index (χ3n) is 3.28. The fourth-order valence-electron chi connectivity index (χ4n) is 2.13. The molecule has 1 amide bonds. The smallest absolute Gasteiger partial charge is 0.308 e. The van der Waals surface area contributed by atoms with E-state index in [0.717, 1.165) is 11.3 Å². The van der Waals surface area contributed by atoms with Crippen molar-refractivity contribution in [1.29, 1.82) is 0 Å². The number of likely N-dealkylation sites (tertiary alicyclic amines) is 1. The Labute approximate surface area is 126 Å². The number of hydrogen-bond acceptors (Lipinski definition) is 5. The number of sulfonamides is 1. The number of rotatable bonds is 6. The number of carboxylic acid groups (broad SMARTS) is 1. The number of nitrogens with one attached hydrogen (secondary N) is 1. The standard InChI is InChI=1S/C12H16N2O5S2/c15-10(14-6-4-9(8-14)12(16)17)3-5-13-21(18,19)11-2-1-7-20-11/h1-2,7,9,13H,3-6,8H2,(H,16,17). The molecular formula is C12H16N2O5S2. The van der Waals surface area contributed by atoms with E-state index in [-0.39, 0.29) is 29.6 Å². The number of carbonyl (C=O) groups is 2. The predicted molar refractivity (Wildman–Crippen MR) is 76.4 cm³/mol. The second-order valence-electron chi connectivity index (χ2n) is 4.74. The second kappa shape index (κ2) is 6.54. The van der Waals surface area contributed by atoms with E-state index in [9.17, 15) is 18.0 Å².